The van der Waals surface area contributed by atoms with Crippen molar-refractivity contribution in [2.45, 2.75) is 123 Å². The summed E-state index contributed by atoms with van der Waals surface area (Å²) in [6, 6.07) is 7.01. The highest BCUT2D eigenvalue weighted by molar-refractivity contribution is 7.09. The molecule has 11 heteroatoms. The van der Waals surface area contributed by atoms with Crippen LogP contribution in [0.15, 0.2) is 35.8 Å². The zero-order valence-electron chi connectivity index (χ0n) is 31.3. The molecule has 3 N–H and O–H groups in total. The predicted octanol–water partition coefficient (Wildman–Crippen LogP) is 5.57. The molecule has 1 fully saturated rings. The summed E-state index contributed by atoms with van der Waals surface area (Å²) in [6.45, 7) is 14.8. The van der Waals surface area contributed by atoms with Crippen LogP contribution in [-0.2, 0) is 30.3 Å². The zero-order valence-corrected chi connectivity index (χ0v) is 32.2. The van der Waals surface area contributed by atoms with Gasteiger partial charge in [-0.15, -0.1) is 11.3 Å². The molecule has 3 amide bonds. The number of nitrogens with zero attached hydrogens (tertiary/aromatic N) is 3. The van der Waals surface area contributed by atoms with Crippen LogP contribution in [-0.4, -0.2) is 90.7 Å². The van der Waals surface area contributed by atoms with Crippen LogP contribution in [0, 0.1) is 17.8 Å². The first-order chi connectivity index (χ1) is 23.2. The van der Waals surface area contributed by atoms with Crippen molar-refractivity contribution in [1.29, 1.82) is 0 Å². The number of methoxy groups -OCH3 is 2. The van der Waals surface area contributed by atoms with Gasteiger partial charge in [0.15, 0.2) is 0 Å². The van der Waals surface area contributed by atoms with Crippen molar-refractivity contribution in [1.82, 2.24) is 20.1 Å². The van der Waals surface area contributed by atoms with Crippen LogP contribution in [0.4, 0.5) is 0 Å². The Kier molecular flexibility index (Phi) is 15.7. The summed E-state index contributed by atoms with van der Waals surface area (Å²) in [6.07, 6.45) is 3.81. The number of thiazole rings is 1. The summed E-state index contributed by atoms with van der Waals surface area (Å²) >= 11 is 1.52. The number of benzene rings is 1. The van der Waals surface area contributed by atoms with Crippen molar-refractivity contribution in [3.05, 3.63) is 52.0 Å². The van der Waals surface area contributed by atoms with Gasteiger partial charge in [0, 0.05) is 39.4 Å². The molecule has 2 heterocycles. The number of carbonyl (C=O) groups is 3. The van der Waals surface area contributed by atoms with Gasteiger partial charge < -0.3 is 30.3 Å². The van der Waals surface area contributed by atoms with E-state index in [-0.39, 0.29) is 54.1 Å². The second-order valence-electron chi connectivity index (χ2n) is 14.4. The number of nitrogens with two attached hydrogens (primary N) is 1. The van der Waals surface area contributed by atoms with Crippen molar-refractivity contribution in [3.8, 4) is 0 Å². The number of likely N-dealkylation sites (N-methyl/N-ethyl adjacent to an activating group) is 1. The van der Waals surface area contributed by atoms with E-state index in [9.17, 15) is 14.4 Å². The molecule has 1 aliphatic rings. The molecule has 274 valence electrons. The summed E-state index contributed by atoms with van der Waals surface area (Å²) in [7, 11) is 4.97. The second kappa shape index (κ2) is 18.9. The number of rotatable bonds is 18. The molecule has 10 nitrogen and oxygen atoms in total. The molecule has 8 atom stereocenters. The largest absolute Gasteiger partial charge is 0.379 e. The maximum absolute atomic E-state index is 14.0. The van der Waals surface area contributed by atoms with E-state index in [1.807, 2.05) is 31.1 Å². The first kappa shape index (κ1) is 40.6. The van der Waals surface area contributed by atoms with E-state index in [0.717, 1.165) is 29.8 Å². The summed E-state index contributed by atoms with van der Waals surface area (Å²) in [5.74, 6) is -0.389. The van der Waals surface area contributed by atoms with Crippen molar-refractivity contribution >= 4 is 29.1 Å². The highest BCUT2D eigenvalue weighted by atomic mass is 32.1. The number of aromatic nitrogens is 1. The van der Waals surface area contributed by atoms with Crippen molar-refractivity contribution in [3.63, 3.8) is 0 Å². The summed E-state index contributed by atoms with van der Waals surface area (Å²) in [4.78, 5) is 49.3. The Labute approximate surface area is 298 Å². The van der Waals surface area contributed by atoms with E-state index in [1.54, 1.807) is 32.4 Å². The average molecular weight is 700 g/mol. The third-order valence-corrected chi connectivity index (χ3v) is 11.3. The van der Waals surface area contributed by atoms with E-state index in [4.69, 9.17) is 15.2 Å². The average Bonchev–Trinajstić information content (AvgIpc) is 3.80. The van der Waals surface area contributed by atoms with E-state index in [2.05, 4.69) is 62.3 Å². The summed E-state index contributed by atoms with van der Waals surface area (Å²) in [5, 5.41) is 6.03. The molecule has 0 unspecified atom stereocenters. The Hall–Kier alpha value is -2.86. The third kappa shape index (κ3) is 10.3. The second-order valence-corrected chi connectivity index (χ2v) is 15.3. The molecule has 2 aromatic rings. The van der Waals surface area contributed by atoms with Crippen LogP contribution >= 0.6 is 11.3 Å². The Bertz CT molecular complexity index is 1320. The fourth-order valence-corrected chi connectivity index (χ4v) is 7.70. The van der Waals surface area contributed by atoms with Crippen LogP contribution in [0.25, 0.3) is 0 Å². The number of carbonyl (C=O) groups excluding carboxylic acids is 3. The van der Waals surface area contributed by atoms with Crippen LogP contribution in [0.5, 0.6) is 0 Å². The lowest BCUT2D eigenvalue weighted by atomic mass is 9.89. The van der Waals surface area contributed by atoms with Gasteiger partial charge in [0.1, 0.15) is 5.01 Å². The summed E-state index contributed by atoms with van der Waals surface area (Å²) in [5.41, 5.74) is 8.65. The Morgan fingerprint density at radius 3 is 2.29 bits per heavy atom. The third-order valence-electron chi connectivity index (χ3n) is 10.4. The van der Waals surface area contributed by atoms with Gasteiger partial charge in [-0.1, -0.05) is 79.2 Å². The molecular formula is C38H61N5O5S. The van der Waals surface area contributed by atoms with E-state index < -0.39 is 24.2 Å². The number of amides is 3. The van der Waals surface area contributed by atoms with Crippen molar-refractivity contribution < 1.29 is 23.9 Å². The molecule has 0 saturated carbocycles. The number of likely N-dealkylation sites (tertiary alicyclic amines) is 1. The zero-order chi connectivity index (χ0) is 36.4. The first-order valence-electron chi connectivity index (χ1n) is 17.9. The van der Waals surface area contributed by atoms with Gasteiger partial charge in [-0.2, -0.15) is 0 Å². The van der Waals surface area contributed by atoms with Gasteiger partial charge in [-0.3, -0.25) is 14.4 Å². The van der Waals surface area contributed by atoms with Crippen molar-refractivity contribution in [2.24, 2.45) is 23.5 Å². The molecule has 0 spiro atoms. The van der Waals surface area contributed by atoms with Crippen LogP contribution in [0.1, 0.15) is 102 Å². The Morgan fingerprint density at radius 2 is 1.76 bits per heavy atom. The van der Waals surface area contributed by atoms with Gasteiger partial charge >= 0.3 is 0 Å². The lowest BCUT2D eigenvalue weighted by molar-refractivity contribution is -0.146. The first-order valence-corrected chi connectivity index (χ1v) is 18.8. The standard InChI is InChI=1S/C38H61N5O5S/c1-11-25(6)34(42(8)38(46)33(39)24(4)5)31(47-9)22-32(44)43-19-12-13-30(43)35(48-10)26(7)36(45)41-29(37-40-18-20-49-37)21-27-14-16-28(17-15-27)23(2)3/h14-18,20,23-26,29-31,33-35H,11-13,19,21-22,39H2,1-10H3,(H,41,45)/t25-,26+,29-,30-,31+,33-,34-,35+/m0/s1. The highest BCUT2D eigenvalue weighted by Gasteiger charge is 2.42. The molecule has 1 saturated heterocycles. The normalized spacial score (nSPS) is 19.3. The molecule has 1 aliphatic heterocycles. The van der Waals surface area contributed by atoms with Gasteiger partial charge in [0.2, 0.25) is 17.7 Å². The monoisotopic (exact) mass is 699 g/mol. The molecule has 0 bridgehead atoms. The fourth-order valence-electron chi connectivity index (χ4n) is 7.01. The lowest BCUT2D eigenvalue weighted by Crippen LogP contribution is -2.56. The molecule has 1 aromatic heterocycles. The minimum Gasteiger partial charge on any atom is -0.379 e. The van der Waals surface area contributed by atoms with Gasteiger partial charge in [0.05, 0.1) is 48.7 Å². The van der Waals surface area contributed by atoms with E-state index in [0.29, 0.717) is 18.9 Å². The van der Waals surface area contributed by atoms with Crippen LogP contribution < -0.4 is 11.1 Å². The Balaban J connectivity index is 1.76. The lowest BCUT2D eigenvalue weighted by Gasteiger charge is -2.40. The quantitative estimate of drug-likeness (QED) is 0.208. The minimum atomic E-state index is -0.636. The minimum absolute atomic E-state index is 0.0150. The molecule has 0 radical (unpaired) electrons. The Morgan fingerprint density at radius 1 is 1.08 bits per heavy atom. The van der Waals surface area contributed by atoms with Crippen LogP contribution in [0.3, 0.4) is 0 Å². The number of hydrogen-bond donors (Lipinski definition) is 2. The van der Waals surface area contributed by atoms with Gasteiger partial charge in [-0.25, -0.2) is 4.98 Å². The number of hydrogen-bond acceptors (Lipinski definition) is 8. The summed E-state index contributed by atoms with van der Waals surface area (Å²) < 4.78 is 12.0. The number of ether oxygens (including phenoxy) is 2. The fraction of sp³-hybridized carbons (Fsp3) is 0.684. The van der Waals surface area contributed by atoms with Crippen LogP contribution in [0.2, 0.25) is 0 Å². The van der Waals surface area contributed by atoms with Crippen molar-refractivity contribution in [2.75, 3.05) is 27.8 Å². The smallest absolute Gasteiger partial charge is 0.239 e. The van der Waals surface area contributed by atoms with Gasteiger partial charge in [0.25, 0.3) is 0 Å². The maximum Gasteiger partial charge on any atom is 0.239 e. The molecular weight excluding hydrogens is 639 g/mol. The maximum atomic E-state index is 14.0. The molecule has 0 aliphatic carbocycles. The molecule has 3 rings (SSSR count). The number of nitrogens with one attached hydrogen (secondary N) is 1. The molecule has 49 heavy (non-hydrogen) atoms. The SMILES string of the molecule is CC[C@H](C)[C@@H]([C@@H](CC(=O)N1CCC[C@H]1[C@H](OC)[C@@H](C)C(=O)N[C@@H](Cc1ccc(C(C)C)cc1)c1nccs1)OC)N(C)C(=O)[C@@H](N)C(C)C. The topological polar surface area (TPSA) is 127 Å². The predicted molar refractivity (Wildman–Crippen MR) is 196 cm³/mol. The van der Waals surface area contributed by atoms with Gasteiger partial charge in [-0.05, 0) is 48.1 Å². The highest BCUT2D eigenvalue weighted by Crippen LogP contribution is 2.30. The molecule has 1 aromatic carbocycles. The van der Waals surface area contributed by atoms with E-state index in [1.165, 1.54) is 16.9 Å². The van der Waals surface area contributed by atoms with E-state index >= 15 is 0 Å².